The first kappa shape index (κ1) is 33.4. The zero-order chi connectivity index (χ0) is 33.7. The van der Waals surface area contributed by atoms with Crippen LogP contribution in [-0.4, -0.2) is 0 Å². The molecule has 0 aliphatic heterocycles. The van der Waals surface area contributed by atoms with Crippen LogP contribution in [0.2, 0.25) is 0 Å². The Morgan fingerprint density at radius 2 is 1.17 bits per heavy atom. The van der Waals surface area contributed by atoms with Gasteiger partial charge in [-0.15, -0.1) is 0 Å². The number of unbranched alkanes of at least 4 members (excludes halogenated alkanes) is 2. The second-order valence-electron chi connectivity index (χ2n) is 11.0. The lowest BCUT2D eigenvalue weighted by Gasteiger charge is -2.20. The van der Waals surface area contributed by atoms with Crippen molar-refractivity contribution in [3.8, 4) is 39.1 Å². The minimum Gasteiger partial charge on any atom is -0.429 e. The summed E-state index contributed by atoms with van der Waals surface area (Å²) in [5, 5.41) is 0. The first-order valence-corrected chi connectivity index (χ1v) is 14.8. The lowest BCUT2D eigenvalue weighted by Crippen LogP contribution is -2.25. The van der Waals surface area contributed by atoms with Crippen LogP contribution in [0.1, 0.15) is 42.9 Å². The summed E-state index contributed by atoms with van der Waals surface area (Å²) in [6, 6.07) is 20.6. The van der Waals surface area contributed by atoms with E-state index in [1.54, 1.807) is 6.07 Å². The standard InChI is InChI=1S/C38H28F8O/c1-2-3-4-5-23-6-8-24(9-7-23)26-12-16-30(32(40)18-26)27-13-17-31(33(41)19-27)28-20-34(42)37(35(43)21-28)38(45,46)47-29-14-10-25(11-15-29)36(44)22-39/h6-22H,2-5H2,1H3/b36-22-. The smallest absolute Gasteiger partial charge is 0.429 e. The molecule has 0 aliphatic carbocycles. The van der Waals surface area contributed by atoms with Crippen molar-refractivity contribution < 1.29 is 39.9 Å². The van der Waals surface area contributed by atoms with E-state index >= 15 is 8.78 Å². The summed E-state index contributed by atoms with van der Waals surface area (Å²) in [6.07, 6.45) is -0.502. The van der Waals surface area contributed by atoms with Crippen molar-refractivity contribution in [2.45, 2.75) is 38.7 Å². The second-order valence-corrected chi connectivity index (χ2v) is 11.0. The molecule has 5 aromatic rings. The van der Waals surface area contributed by atoms with Crippen molar-refractivity contribution in [3.63, 3.8) is 0 Å². The van der Waals surface area contributed by atoms with Crippen LogP contribution in [0.25, 0.3) is 39.2 Å². The quantitative estimate of drug-likeness (QED) is 0.102. The van der Waals surface area contributed by atoms with E-state index in [0.717, 1.165) is 61.6 Å². The Hall–Kier alpha value is -4.92. The Morgan fingerprint density at radius 3 is 1.74 bits per heavy atom. The number of rotatable bonds is 11. The highest BCUT2D eigenvalue weighted by Gasteiger charge is 2.41. The first-order valence-electron chi connectivity index (χ1n) is 14.8. The van der Waals surface area contributed by atoms with E-state index in [-0.39, 0.29) is 34.1 Å². The van der Waals surface area contributed by atoms with Crippen molar-refractivity contribution in [3.05, 3.63) is 143 Å². The Balaban J connectivity index is 1.35. The zero-order valence-electron chi connectivity index (χ0n) is 25.1. The summed E-state index contributed by atoms with van der Waals surface area (Å²) >= 11 is 0. The van der Waals surface area contributed by atoms with Crippen molar-refractivity contribution >= 4 is 5.83 Å². The van der Waals surface area contributed by atoms with E-state index in [1.165, 1.54) is 29.8 Å². The van der Waals surface area contributed by atoms with Gasteiger partial charge in [0.1, 0.15) is 40.9 Å². The molecule has 0 radical (unpaired) electrons. The highest BCUT2D eigenvalue weighted by atomic mass is 19.3. The molecule has 0 bridgehead atoms. The monoisotopic (exact) mass is 652 g/mol. The average Bonchev–Trinajstić information content (AvgIpc) is 3.04. The Labute approximate surface area is 266 Å². The number of halogens is 8. The van der Waals surface area contributed by atoms with E-state index in [4.69, 9.17) is 0 Å². The topological polar surface area (TPSA) is 9.23 Å². The molecule has 0 fully saturated rings. The van der Waals surface area contributed by atoms with Crippen LogP contribution in [0, 0.1) is 23.3 Å². The summed E-state index contributed by atoms with van der Waals surface area (Å²) in [5.41, 5.74) is 0.215. The van der Waals surface area contributed by atoms with Crippen molar-refractivity contribution in [1.82, 2.24) is 0 Å². The third-order valence-electron chi connectivity index (χ3n) is 7.72. The molecule has 5 aromatic carbocycles. The molecule has 1 nitrogen and oxygen atoms in total. The largest absolute Gasteiger partial charge is 0.432 e. The molecule has 242 valence electrons. The van der Waals surface area contributed by atoms with Crippen LogP contribution in [0.3, 0.4) is 0 Å². The van der Waals surface area contributed by atoms with Crippen molar-refractivity contribution in [2.75, 3.05) is 0 Å². The maximum Gasteiger partial charge on any atom is 0.432 e. The van der Waals surface area contributed by atoms with Crippen LogP contribution in [0.4, 0.5) is 35.1 Å². The summed E-state index contributed by atoms with van der Waals surface area (Å²) in [4.78, 5) is 0. The van der Waals surface area contributed by atoms with Gasteiger partial charge in [0.05, 0.1) is 0 Å². The summed E-state index contributed by atoms with van der Waals surface area (Å²) in [5.74, 6) is -6.84. The molecule has 0 aromatic heterocycles. The van der Waals surface area contributed by atoms with Crippen LogP contribution in [-0.2, 0) is 12.5 Å². The molecule has 0 aliphatic rings. The van der Waals surface area contributed by atoms with Gasteiger partial charge in [-0.3, -0.25) is 0 Å². The van der Waals surface area contributed by atoms with Crippen LogP contribution < -0.4 is 4.74 Å². The predicted molar refractivity (Wildman–Crippen MR) is 167 cm³/mol. The molecule has 47 heavy (non-hydrogen) atoms. The van der Waals surface area contributed by atoms with E-state index in [1.807, 2.05) is 24.3 Å². The molecule has 0 heterocycles. The Bertz CT molecular complexity index is 1870. The third kappa shape index (κ3) is 7.56. The SMILES string of the molecule is CCCCCc1ccc(-c2ccc(-c3ccc(-c4cc(F)c(C(F)(F)Oc5ccc(/C(F)=C/F)cc5)c(F)c4)c(F)c3)c(F)c2)cc1. The molecule has 0 unspecified atom stereocenters. The van der Waals surface area contributed by atoms with Gasteiger partial charge in [0.2, 0.25) is 0 Å². The third-order valence-corrected chi connectivity index (χ3v) is 7.72. The summed E-state index contributed by atoms with van der Waals surface area (Å²) in [7, 11) is 0. The highest BCUT2D eigenvalue weighted by molar-refractivity contribution is 5.74. The predicted octanol–water partition coefficient (Wildman–Crippen LogP) is 12.3. The van der Waals surface area contributed by atoms with Gasteiger partial charge < -0.3 is 4.74 Å². The average molecular weight is 653 g/mol. The number of alkyl halides is 2. The van der Waals surface area contributed by atoms with Gasteiger partial charge in [-0.25, -0.2) is 26.3 Å². The number of hydrogen-bond donors (Lipinski definition) is 0. The summed E-state index contributed by atoms with van der Waals surface area (Å²) in [6.45, 7) is 2.14. The van der Waals surface area contributed by atoms with Crippen LogP contribution >= 0.6 is 0 Å². The molecule has 0 saturated heterocycles. The Morgan fingerprint density at radius 1 is 0.638 bits per heavy atom. The lowest BCUT2D eigenvalue weighted by atomic mass is 9.96. The molecule has 0 amide bonds. The van der Waals surface area contributed by atoms with E-state index in [0.29, 0.717) is 17.7 Å². The van der Waals surface area contributed by atoms with Gasteiger partial charge in [-0.1, -0.05) is 68.3 Å². The maximum absolute atomic E-state index is 15.3. The lowest BCUT2D eigenvalue weighted by molar-refractivity contribution is -0.189. The first-order chi connectivity index (χ1) is 22.5. The molecular weight excluding hydrogens is 624 g/mol. The molecular formula is C38H28F8O. The zero-order valence-corrected chi connectivity index (χ0v) is 25.1. The van der Waals surface area contributed by atoms with Crippen LogP contribution in [0.5, 0.6) is 5.75 Å². The van der Waals surface area contributed by atoms with Gasteiger partial charge in [-0.05, 0) is 89.2 Å². The maximum atomic E-state index is 15.3. The fourth-order valence-electron chi connectivity index (χ4n) is 5.24. The van der Waals surface area contributed by atoms with Crippen LogP contribution in [0.15, 0.2) is 103 Å². The van der Waals surface area contributed by atoms with E-state index in [2.05, 4.69) is 11.7 Å². The van der Waals surface area contributed by atoms with Crippen molar-refractivity contribution in [2.24, 2.45) is 0 Å². The molecule has 0 N–H and O–H groups in total. The molecule has 9 heteroatoms. The molecule has 5 rings (SSSR count). The number of aryl methyl sites for hydroxylation is 1. The molecule has 0 atom stereocenters. The van der Waals surface area contributed by atoms with Gasteiger partial charge in [0.15, 0.2) is 5.83 Å². The fraction of sp³-hybridized carbons (Fsp3) is 0.158. The Kier molecular flexibility index (Phi) is 10.1. The van der Waals surface area contributed by atoms with Gasteiger partial charge in [0.25, 0.3) is 0 Å². The summed E-state index contributed by atoms with van der Waals surface area (Å²) < 4.78 is 120. The van der Waals surface area contributed by atoms with E-state index < -0.39 is 46.5 Å². The number of hydrogen-bond acceptors (Lipinski definition) is 1. The van der Waals surface area contributed by atoms with Crippen molar-refractivity contribution in [1.29, 1.82) is 0 Å². The number of ether oxygens (including phenoxy) is 1. The fourth-order valence-corrected chi connectivity index (χ4v) is 5.24. The normalized spacial score (nSPS) is 12.0. The van der Waals surface area contributed by atoms with Gasteiger partial charge >= 0.3 is 6.11 Å². The van der Waals surface area contributed by atoms with Gasteiger partial charge in [-0.2, -0.15) is 8.78 Å². The minimum absolute atomic E-state index is 0.0939. The second kappa shape index (κ2) is 14.2. The van der Waals surface area contributed by atoms with Gasteiger partial charge in [0, 0.05) is 16.7 Å². The van der Waals surface area contributed by atoms with E-state index in [9.17, 15) is 26.3 Å². The highest BCUT2D eigenvalue weighted by Crippen LogP contribution is 2.38. The molecule has 0 saturated carbocycles. The number of benzene rings is 5. The molecule has 0 spiro atoms. The minimum atomic E-state index is -4.52.